The SMILES string of the molecule is Cc1c(N)cccc1NC(=O)C(C)N(C)Cc1cccs1. The number of nitrogens with zero attached hydrogens (tertiary/aromatic N) is 1. The first-order valence-electron chi connectivity index (χ1n) is 6.87. The molecule has 0 fully saturated rings. The number of amides is 1. The van der Waals surface area contributed by atoms with Gasteiger partial charge in [-0.2, -0.15) is 0 Å². The zero-order chi connectivity index (χ0) is 15.4. The molecule has 1 aromatic carbocycles. The van der Waals surface area contributed by atoms with Crippen LogP contribution in [0.25, 0.3) is 0 Å². The number of hydrogen-bond acceptors (Lipinski definition) is 4. The molecule has 1 unspecified atom stereocenters. The van der Waals surface area contributed by atoms with Crippen LogP contribution in [0, 0.1) is 6.92 Å². The first kappa shape index (κ1) is 15.5. The second kappa shape index (κ2) is 6.74. The predicted molar refractivity (Wildman–Crippen MR) is 89.5 cm³/mol. The minimum Gasteiger partial charge on any atom is -0.398 e. The van der Waals surface area contributed by atoms with Crippen molar-refractivity contribution < 1.29 is 4.79 Å². The number of nitrogens with one attached hydrogen (secondary N) is 1. The Morgan fingerprint density at radius 2 is 2.14 bits per heavy atom. The zero-order valence-electron chi connectivity index (χ0n) is 12.6. The summed E-state index contributed by atoms with van der Waals surface area (Å²) >= 11 is 1.70. The predicted octanol–water partition coefficient (Wildman–Crippen LogP) is 3.10. The van der Waals surface area contributed by atoms with Gasteiger partial charge in [0.05, 0.1) is 6.04 Å². The van der Waals surface area contributed by atoms with E-state index in [9.17, 15) is 4.79 Å². The lowest BCUT2D eigenvalue weighted by Crippen LogP contribution is -2.39. The van der Waals surface area contributed by atoms with Crippen molar-refractivity contribution in [3.63, 3.8) is 0 Å². The molecule has 21 heavy (non-hydrogen) atoms. The number of carbonyl (C=O) groups is 1. The van der Waals surface area contributed by atoms with Crippen LogP contribution in [0.3, 0.4) is 0 Å². The molecule has 0 spiro atoms. The van der Waals surface area contributed by atoms with Crippen LogP contribution in [0.1, 0.15) is 17.4 Å². The van der Waals surface area contributed by atoms with Gasteiger partial charge in [-0.1, -0.05) is 12.1 Å². The number of rotatable bonds is 5. The number of benzene rings is 1. The lowest BCUT2D eigenvalue weighted by molar-refractivity contribution is -0.120. The lowest BCUT2D eigenvalue weighted by Gasteiger charge is -2.23. The number of carbonyl (C=O) groups excluding carboxylic acids is 1. The van der Waals surface area contributed by atoms with Crippen LogP contribution in [0.4, 0.5) is 11.4 Å². The van der Waals surface area contributed by atoms with Gasteiger partial charge >= 0.3 is 0 Å². The van der Waals surface area contributed by atoms with E-state index >= 15 is 0 Å². The van der Waals surface area contributed by atoms with Crippen molar-refractivity contribution in [1.29, 1.82) is 0 Å². The Hall–Kier alpha value is -1.85. The van der Waals surface area contributed by atoms with Crippen LogP contribution < -0.4 is 11.1 Å². The van der Waals surface area contributed by atoms with Gasteiger partial charge in [-0.05, 0) is 50.0 Å². The third-order valence-electron chi connectivity index (χ3n) is 3.66. The van der Waals surface area contributed by atoms with Crippen LogP contribution >= 0.6 is 11.3 Å². The molecule has 1 aromatic heterocycles. The smallest absolute Gasteiger partial charge is 0.241 e. The number of thiophene rings is 1. The third kappa shape index (κ3) is 3.83. The Balaban J connectivity index is 2.00. The second-order valence-corrected chi connectivity index (χ2v) is 6.21. The van der Waals surface area contributed by atoms with Crippen molar-refractivity contribution in [1.82, 2.24) is 4.90 Å². The third-order valence-corrected chi connectivity index (χ3v) is 4.52. The molecular weight excluding hydrogens is 282 g/mol. The molecule has 5 heteroatoms. The van der Waals surface area contributed by atoms with E-state index in [-0.39, 0.29) is 11.9 Å². The summed E-state index contributed by atoms with van der Waals surface area (Å²) in [6, 6.07) is 9.43. The van der Waals surface area contributed by atoms with E-state index in [4.69, 9.17) is 5.73 Å². The van der Waals surface area contributed by atoms with Gasteiger partial charge in [0.25, 0.3) is 0 Å². The molecule has 3 N–H and O–H groups in total. The molecule has 1 atom stereocenters. The Kier molecular flexibility index (Phi) is 4.98. The van der Waals surface area contributed by atoms with Crippen LogP contribution in [0.2, 0.25) is 0 Å². The van der Waals surface area contributed by atoms with Crippen LogP contribution in [0.15, 0.2) is 35.7 Å². The van der Waals surface area contributed by atoms with Crippen LogP contribution in [0.5, 0.6) is 0 Å². The van der Waals surface area contributed by atoms with Crippen LogP contribution in [-0.4, -0.2) is 23.9 Å². The van der Waals surface area contributed by atoms with Gasteiger partial charge in [0.2, 0.25) is 5.91 Å². The van der Waals surface area contributed by atoms with Gasteiger partial charge < -0.3 is 11.1 Å². The molecule has 4 nitrogen and oxygen atoms in total. The van der Waals surface area contributed by atoms with Crippen LogP contribution in [-0.2, 0) is 11.3 Å². The zero-order valence-corrected chi connectivity index (χ0v) is 13.4. The fourth-order valence-electron chi connectivity index (χ4n) is 2.01. The van der Waals surface area contributed by atoms with Gasteiger partial charge in [0.15, 0.2) is 0 Å². The topological polar surface area (TPSA) is 58.4 Å². The number of nitrogen functional groups attached to an aromatic ring is 1. The van der Waals surface area contributed by atoms with Crippen molar-refractivity contribution in [2.24, 2.45) is 0 Å². The molecule has 0 aliphatic carbocycles. The molecule has 2 aromatic rings. The standard InChI is InChI=1S/C16H21N3OS/c1-11-14(17)7-4-8-15(11)18-16(20)12(2)19(3)10-13-6-5-9-21-13/h4-9,12H,10,17H2,1-3H3,(H,18,20). The van der Waals surface area contributed by atoms with Crippen molar-refractivity contribution in [3.05, 3.63) is 46.2 Å². The Labute approximate surface area is 129 Å². The quantitative estimate of drug-likeness (QED) is 0.835. The molecule has 0 saturated carbocycles. The first-order chi connectivity index (χ1) is 9.99. The summed E-state index contributed by atoms with van der Waals surface area (Å²) in [6.07, 6.45) is 0. The minimum absolute atomic E-state index is 0.0252. The van der Waals surface area contributed by atoms with E-state index < -0.39 is 0 Å². The lowest BCUT2D eigenvalue weighted by atomic mass is 10.1. The number of likely N-dealkylation sites (N-methyl/N-ethyl adjacent to an activating group) is 1. The summed E-state index contributed by atoms with van der Waals surface area (Å²) in [5, 5.41) is 5.00. The highest BCUT2D eigenvalue weighted by atomic mass is 32.1. The molecule has 0 radical (unpaired) electrons. The van der Waals surface area contributed by atoms with Crippen molar-refractivity contribution in [3.8, 4) is 0 Å². The molecule has 2 rings (SSSR count). The summed E-state index contributed by atoms with van der Waals surface area (Å²) in [4.78, 5) is 15.6. The second-order valence-electron chi connectivity index (χ2n) is 5.18. The molecule has 1 amide bonds. The van der Waals surface area contributed by atoms with Crippen molar-refractivity contribution >= 4 is 28.6 Å². The minimum atomic E-state index is -0.215. The van der Waals surface area contributed by atoms with Crippen molar-refractivity contribution in [2.75, 3.05) is 18.1 Å². The Morgan fingerprint density at radius 3 is 2.81 bits per heavy atom. The normalized spacial score (nSPS) is 12.4. The van der Waals surface area contributed by atoms with Gasteiger partial charge in [0.1, 0.15) is 0 Å². The van der Waals surface area contributed by atoms with E-state index in [0.29, 0.717) is 5.69 Å². The van der Waals surface area contributed by atoms with E-state index in [1.165, 1.54) is 4.88 Å². The maximum atomic E-state index is 12.4. The number of anilines is 2. The average Bonchev–Trinajstić information content (AvgIpc) is 2.95. The van der Waals surface area contributed by atoms with E-state index in [1.54, 1.807) is 11.3 Å². The maximum Gasteiger partial charge on any atom is 0.241 e. The first-order valence-corrected chi connectivity index (χ1v) is 7.75. The summed E-state index contributed by atoms with van der Waals surface area (Å²) in [6.45, 7) is 4.58. The average molecular weight is 303 g/mol. The molecule has 0 bridgehead atoms. The molecule has 112 valence electrons. The monoisotopic (exact) mass is 303 g/mol. The number of nitrogens with two attached hydrogens (primary N) is 1. The maximum absolute atomic E-state index is 12.4. The van der Waals surface area contributed by atoms with Crippen molar-refractivity contribution in [2.45, 2.75) is 26.4 Å². The molecule has 1 heterocycles. The Morgan fingerprint density at radius 1 is 1.38 bits per heavy atom. The highest BCUT2D eigenvalue weighted by molar-refractivity contribution is 7.09. The van der Waals surface area contributed by atoms with Gasteiger partial charge in [-0.15, -0.1) is 11.3 Å². The summed E-state index contributed by atoms with van der Waals surface area (Å²) in [5.74, 6) is -0.0252. The fourth-order valence-corrected chi connectivity index (χ4v) is 2.78. The molecule has 0 aliphatic rings. The summed E-state index contributed by atoms with van der Waals surface area (Å²) in [5.41, 5.74) is 8.23. The summed E-state index contributed by atoms with van der Waals surface area (Å²) < 4.78 is 0. The van der Waals surface area contributed by atoms with E-state index in [2.05, 4.69) is 11.4 Å². The van der Waals surface area contributed by atoms with Gasteiger partial charge in [0, 0.05) is 22.8 Å². The number of hydrogen-bond donors (Lipinski definition) is 2. The highest BCUT2D eigenvalue weighted by Gasteiger charge is 2.19. The van der Waals surface area contributed by atoms with Gasteiger partial charge in [-0.25, -0.2) is 0 Å². The van der Waals surface area contributed by atoms with E-state index in [1.807, 2.05) is 55.4 Å². The fraction of sp³-hybridized carbons (Fsp3) is 0.312. The van der Waals surface area contributed by atoms with E-state index in [0.717, 1.165) is 17.8 Å². The summed E-state index contributed by atoms with van der Waals surface area (Å²) in [7, 11) is 1.95. The Bertz CT molecular complexity index is 610. The largest absolute Gasteiger partial charge is 0.398 e. The molecular formula is C16H21N3OS. The molecule has 0 saturated heterocycles. The van der Waals surface area contributed by atoms with Gasteiger partial charge in [-0.3, -0.25) is 9.69 Å². The highest BCUT2D eigenvalue weighted by Crippen LogP contribution is 2.21. The molecule has 0 aliphatic heterocycles.